The van der Waals surface area contributed by atoms with Gasteiger partial charge in [0.05, 0.1) is 0 Å². The molecule has 0 aromatic carbocycles. The Bertz CT molecular complexity index is 328. The van der Waals surface area contributed by atoms with E-state index in [-0.39, 0.29) is 0 Å². The number of imidazole rings is 1. The van der Waals surface area contributed by atoms with Crippen LogP contribution in [-0.2, 0) is 13.5 Å². The van der Waals surface area contributed by atoms with E-state index in [1.165, 1.54) is 38.5 Å². The molecule has 3 N–H and O–H groups in total. The molecule has 96 valence electrons. The van der Waals surface area contributed by atoms with Gasteiger partial charge in [-0.1, -0.05) is 32.1 Å². The topological polar surface area (TPSA) is 55.9 Å². The molecule has 2 rings (SSSR count). The van der Waals surface area contributed by atoms with Crippen LogP contribution in [0.2, 0.25) is 0 Å². The van der Waals surface area contributed by atoms with Crippen molar-refractivity contribution in [3.8, 4) is 0 Å². The van der Waals surface area contributed by atoms with Crippen molar-refractivity contribution in [3.05, 3.63) is 18.2 Å². The number of rotatable bonds is 5. The number of hydrogen-bond acceptors (Lipinski definition) is 3. The molecule has 1 fully saturated rings. The third kappa shape index (κ3) is 3.54. The fourth-order valence-corrected chi connectivity index (χ4v) is 2.85. The number of hydrazine groups is 1. The van der Waals surface area contributed by atoms with Crippen LogP contribution in [0.25, 0.3) is 0 Å². The van der Waals surface area contributed by atoms with Gasteiger partial charge in [0, 0.05) is 31.9 Å². The number of nitrogens with zero attached hydrogens (tertiary/aromatic N) is 2. The summed E-state index contributed by atoms with van der Waals surface area (Å²) < 4.78 is 2.07. The minimum atomic E-state index is 0.360. The van der Waals surface area contributed by atoms with E-state index in [4.69, 9.17) is 5.84 Å². The van der Waals surface area contributed by atoms with Gasteiger partial charge in [-0.2, -0.15) is 0 Å². The summed E-state index contributed by atoms with van der Waals surface area (Å²) in [6, 6.07) is 0.360. The highest BCUT2D eigenvalue weighted by Crippen LogP contribution is 2.27. The fraction of sp³-hybridized carbons (Fsp3) is 0.769. The van der Waals surface area contributed by atoms with Crippen molar-refractivity contribution >= 4 is 0 Å². The maximum Gasteiger partial charge on any atom is 0.109 e. The minimum Gasteiger partial charge on any atom is -0.338 e. The number of aryl methyl sites for hydroxylation is 1. The molecule has 1 aromatic rings. The third-order valence-electron chi connectivity index (χ3n) is 3.93. The summed E-state index contributed by atoms with van der Waals surface area (Å²) in [5, 5.41) is 0. The Hall–Kier alpha value is -0.870. The van der Waals surface area contributed by atoms with Gasteiger partial charge in [0.2, 0.25) is 0 Å². The molecule has 0 saturated heterocycles. The van der Waals surface area contributed by atoms with E-state index in [2.05, 4.69) is 15.0 Å². The summed E-state index contributed by atoms with van der Waals surface area (Å²) in [5.74, 6) is 7.64. The molecule has 0 radical (unpaired) electrons. The molecular formula is C13H24N4. The zero-order chi connectivity index (χ0) is 12.1. The average molecular weight is 236 g/mol. The standard InChI is InChI=1S/C13H24N4/c1-17-8-7-15-13(17)10-12(16-14)9-11-5-3-2-4-6-11/h7-8,11-12,16H,2-6,9-10,14H2,1H3. The summed E-state index contributed by atoms with van der Waals surface area (Å²) >= 11 is 0. The van der Waals surface area contributed by atoms with Gasteiger partial charge in [-0.25, -0.2) is 4.98 Å². The quantitative estimate of drug-likeness (QED) is 0.605. The minimum absolute atomic E-state index is 0.360. The molecule has 0 aliphatic heterocycles. The Labute approximate surface area is 104 Å². The lowest BCUT2D eigenvalue weighted by Gasteiger charge is -2.26. The zero-order valence-electron chi connectivity index (χ0n) is 10.7. The van der Waals surface area contributed by atoms with Crippen LogP contribution in [0.4, 0.5) is 0 Å². The predicted octanol–water partition coefficient (Wildman–Crippen LogP) is 1.76. The van der Waals surface area contributed by atoms with Crippen LogP contribution in [0.15, 0.2) is 12.4 Å². The Balaban J connectivity index is 1.85. The molecule has 1 aliphatic rings. The molecule has 1 aliphatic carbocycles. The summed E-state index contributed by atoms with van der Waals surface area (Å²) in [6.45, 7) is 0. The molecule has 0 bridgehead atoms. The van der Waals surface area contributed by atoms with Crippen LogP contribution in [0.5, 0.6) is 0 Å². The molecule has 4 nitrogen and oxygen atoms in total. The van der Waals surface area contributed by atoms with Gasteiger partial charge in [-0.3, -0.25) is 11.3 Å². The lowest BCUT2D eigenvalue weighted by atomic mass is 9.84. The maximum atomic E-state index is 5.67. The summed E-state index contributed by atoms with van der Waals surface area (Å²) in [6.07, 6.45) is 12.9. The van der Waals surface area contributed by atoms with Crippen LogP contribution >= 0.6 is 0 Å². The largest absolute Gasteiger partial charge is 0.338 e. The van der Waals surface area contributed by atoms with Crippen molar-refractivity contribution in [2.24, 2.45) is 18.8 Å². The highest BCUT2D eigenvalue weighted by atomic mass is 15.2. The smallest absolute Gasteiger partial charge is 0.109 e. The number of hydrogen-bond donors (Lipinski definition) is 2. The average Bonchev–Trinajstić information content (AvgIpc) is 2.75. The molecule has 1 saturated carbocycles. The Morgan fingerprint density at radius 1 is 1.47 bits per heavy atom. The van der Waals surface area contributed by atoms with E-state index in [9.17, 15) is 0 Å². The van der Waals surface area contributed by atoms with Gasteiger partial charge in [0.25, 0.3) is 0 Å². The Morgan fingerprint density at radius 3 is 2.82 bits per heavy atom. The first-order valence-electron chi connectivity index (χ1n) is 6.72. The van der Waals surface area contributed by atoms with Crippen molar-refractivity contribution < 1.29 is 0 Å². The molecule has 1 atom stereocenters. The van der Waals surface area contributed by atoms with Crippen LogP contribution in [0.1, 0.15) is 44.3 Å². The monoisotopic (exact) mass is 236 g/mol. The first kappa shape index (κ1) is 12.6. The van der Waals surface area contributed by atoms with Crippen molar-refractivity contribution in [1.29, 1.82) is 0 Å². The van der Waals surface area contributed by atoms with E-state index in [1.54, 1.807) is 0 Å². The first-order valence-corrected chi connectivity index (χ1v) is 6.72. The maximum absolute atomic E-state index is 5.67. The summed E-state index contributed by atoms with van der Waals surface area (Å²) in [5.41, 5.74) is 2.96. The van der Waals surface area contributed by atoms with Gasteiger partial charge in [-0.15, -0.1) is 0 Å². The molecular weight excluding hydrogens is 212 g/mol. The second kappa shape index (κ2) is 6.17. The lowest BCUT2D eigenvalue weighted by Crippen LogP contribution is -2.39. The van der Waals surface area contributed by atoms with Crippen molar-refractivity contribution in [2.45, 2.75) is 51.0 Å². The number of nitrogens with two attached hydrogens (primary N) is 1. The highest BCUT2D eigenvalue weighted by Gasteiger charge is 2.19. The Morgan fingerprint density at radius 2 is 2.24 bits per heavy atom. The van der Waals surface area contributed by atoms with E-state index >= 15 is 0 Å². The van der Waals surface area contributed by atoms with E-state index in [0.717, 1.165) is 18.2 Å². The normalized spacial score (nSPS) is 19.4. The van der Waals surface area contributed by atoms with Crippen LogP contribution in [-0.4, -0.2) is 15.6 Å². The molecule has 4 heteroatoms. The molecule has 1 aromatic heterocycles. The summed E-state index contributed by atoms with van der Waals surface area (Å²) in [7, 11) is 2.04. The highest BCUT2D eigenvalue weighted by molar-refractivity contribution is 4.94. The lowest BCUT2D eigenvalue weighted by molar-refractivity contribution is 0.295. The van der Waals surface area contributed by atoms with Gasteiger partial charge in [-0.05, 0) is 12.3 Å². The van der Waals surface area contributed by atoms with Gasteiger partial charge in [0.15, 0.2) is 0 Å². The van der Waals surface area contributed by atoms with E-state index < -0.39 is 0 Å². The summed E-state index contributed by atoms with van der Waals surface area (Å²) in [4.78, 5) is 4.36. The van der Waals surface area contributed by atoms with Crippen molar-refractivity contribution in [1.82, 2.24) is 15.0 Å². The SMILES string of the molecule is Cn1ccnc1CC(CC1CCCCC1)NN. The van der Waals surface area contributed by atoms with Crippen molar-refractivity contribution in [3.63, 3.8) is 0 Å². The predicted molar refractivity (Wildman–Crippen MR) is 69.2 cm³/mol. The first-order chi connectivity index (χ1) is 8.29. The van der Waals surface area contributed by atoms with Crippen molar-refractivity contribution in [2.75, 3.05) is 0 Å². The van der Waals surface area contributed by atoms with Gasteiger partial charge >= 0.3 is 0 Å². The Kier molecular flexibility index (Phi) is 4.57. The van der Waals surface area contributed by atoms with Crippen LogP contribution < -0.4 is 11.3 Å². The molecule has 0 amide bonds. The van der Waals surface area contributed by atoms with Gasteiger partial charge in [0.1, 0.15) is 5.82 Å². The van der Waals surface area contributed by atoms with E-state index in [1.807, 2.05) is 19.4 Å². The molecule has 1 unspecified atom stereocenters. The molecule has 0 spiro atoms. The second-order valence-electron chi connectivity index (χ2n) is 5.26. The van der Waals surface area contributed by atoms with Gasteiger partial charge < -0.3 is 4.57 Å². The third-order valence-corrected chi connectivity index (χ3v) is 3.93. The van der Waals surface area contributed by atoms with Crippen LogP contribution in [0.3, 0.4) is 0 Å². The number of nitrogens with one attached hydrogen (secondary N) is 1. The number of aromatic nitrogens is 2. The fourth-order valence-electron chi connectivity index (χ4n) is 2.85. The molecule has 17 heavy (non-hydrogen) atoms. The zero-order valence-corrected chi connectivity index (χ0v) is 10.7. The van der Waals surface area contributed by atoms with Crippen LogP contribution in [0, 0.1) is 5.92 Å². The molecule has 1 heterocycles. The van der Waals surface area contributed by atoms with E-state index in [0.29, 0.717) is 6.04 Å². The second-order valence-corrected chi connectivity index (χ2v) is 5.26.